The summed E-state index contributed by atoms with van der Waals surface area (Å²) in [6, 6.07) is 8.13. The molecule has 4 heteroatoms. The Hall–Kier alpha value is -1.55. The molecule has 25 heavy (non-hydrogen) atoms. The lowest BCUT2D eigenvalue weighted by atomic mass is 9.64. The van der Waals surface area contributed by atoms with E-state index in [1.807, 2.05) is 18.2 Å². The number of ether oxygens (including phenoxy) is 1. The van der Waals surface area contributed by atoms with Crippen LogP contribution in [0, 0.1) is 17.8 Å². The van der Waals surface area contributed by atoms with Crippen molar-refractivity contribution in [1.82, 2.24) is 4.90 Å². The topological polar surface area (TPSA) is 41.6 Å². The highest BCUT2D eigenvalue weighted by Crippen LogP contribution is 2.47. The summed E-state index contributed by atoms with van der Waals surface area (Å²) in [5.41, 5.74) is 1.67. The number of benzene rings is 1. The second-order valence-electron chi connectivity index (χ2n) is 8.63. The number of nitrogens with zero attached hydrogens (tertiary/aromatic N) is 1. The van der Waals surface area contributed by atoms with Gasteiger partial charge < -0.3 is 9.64 Å². The lowest BCUT2D eigenvalue weighted by Crippen LogP contribution is -2.50. The normalized spacial score (nSPS) is 33.6. The molecule has 1 atom stereocenters. The SMILES string of the molecule is O=C1Nc2ccccc2C2(CCN(CC3CC4CCC3CC4)CC2)O1. The first-order valence-electron chi connectivity index (χ1n) is 10.0. The molecule has 1 N–H and O–H groups in total. The lowest BCUT2D eigenvalue weighted by Gasteiger charge is -2.47. The van der Waals surface area contributed by atoms with Crippen molar-refractivity contribution in [3.63, 3.8) is 0 Å². The van der Waals surface area contributed by atoms with Gasteiger partial charge >= 0.3 is 6.09 Å². The molecule has 2 heterocycles. The molecular formula is C21H28N2O2. The third-order valence-corrected chi connectivity index (χ3v) is 7.29. The molecular weight excluding hydrogens is 312 g/mol. The maximum atomic E-state index is 12.0. The molecule has 1 unspecified atom stereocenters. The monoisotopic (exact) mass is 340 g/mol. The minimum atomic E-state index is -0.416. The fraction of sp³-hybridized carbons (Fsp3) is 0.667. The highest BCUT2D eigenvalue weighted by molar-refractivity contribution is 5.88. The number of hydrogen-bond donors (Lipinski definition) is 1. The first kappa shape index (κ1) is 15.7. The fourth-order valence-corrected chi connectivity index (χ4v) is 5.90. The zero-order valence-electron chi connectivity index (χ0n) is 14.9. The van der Waals surface area contributed by atoms with Crippen molar-refractivity contribution in [3.8, 4) is 0 Å². The molecule has 3 saturated carbocycles. The first-order valence-corrected chi connectivity index (χ1v) is 10.0. The molecule has 134 valence electrons. The number of anilines is 1. The van der Waals surface area contributed by atoms with Crippen molar-refractivity contribution in [1.29, 1.82) is 0 Å². The Morgan fingerprint density at radius 1 is 1.12 bits per heavy atom. The molecule has 2 bridgehead atoms. The number of carbonyl (C=O) groups is 1. The minimum Gasteiger partial charge on any atom is -0.438 e. The van der Waals surface area contributed by atoms with Crippen LogP contribution in [0.2, 0.25) is 0 Å². The summed E-state index contributed by atoms with van der Waals surface area (Å²) in [7, 11) is 0. The third kappa shape index (κ3) is 2.75. The first-order chi connectivity index (χ1) is 12.2. The number of nitrogens with one attached hydrogen (secondary N) is 1. The number of rotatable bonds is 2. The predicted octanol–water partition coefficient (Wildman–Crippen LogP) is 4.37. The number of piperidine rings is 1. The highest BCUT2D eigenvalue weighted by Gasteiger charge is 2.45. The molecule has 1 amide bonds. The van der Waals surface area contributed by atoms with E-state index in [0.29, 0.717) is 0 Å². The van der Waals surface area contributed by atoms with Gasteiger partial charge in [-0.2, -0.15) is 0 Å². The van der Waals surface area contributed by atoms with Crippen molar-refractivity contribution in [2.45, 2.75) is 50.5 Å². The van der Waals surface area contributed by atoms with Crippen molar-refractivity contribution < 1.29 is 9.53 Å². The van der Waals surface area contributed by atoms with Gasteiger partial charge in [0, 0.05) is 38.0 Å². The van der Waals surface area contributed by atoms with Crippen LogP contribution in [-0.4, -0.2) is 30.6 Å². The number of likely N-dealkylation sites (tertiary alicyclic amines) is 1. The highest BCUT2D eigenvalue weighted by atomic mass is 16.6. The Kier molecular flexibility index (Phi) is 3.77. The van der Waals surface area contributed by atoms with Crippen LogP contribution in [0.1, 0.15) is 50.5 Å². The molecule has 1 saturated heterocycles. The summed E-state index contributed by atoms with van der Waals surface area (Å²) in [5, 5.41) is 2.85. The number of amides is 1. The van der Waals surface area contributed by atoms with Crippen LogP contribution < -0.4 is 5.32 Å². The van der Waals surface area contributed by atoms with Gasteiger partial charge in [-0.3, -0.25) is 5.32 Å². The van der Waals surface area contributed by atoms with Crippen molar-refractivity contribution in [2.75, 3.05) is 25.0 Å². The largest absolute Gasteiger partial charge is 0.438 e. The second kappa shape index (κ2) is 6.01. The van der Waals surface area contributed by atoms with Gasteiger partial charge in [0.2, 0.25) is 0 Å². The third-order valence-electron chi connectivity index (χ3n) is 7.29. The molecule has 1 aromatic carbocycles. The fourth-order valence-electron chi connectivity index (χ4n) is 5.90. The van der Waals surface area contributed by atoms with Gasteiger partial charge in [-0.1, -0.05) is 31.0 Å². The zero-order valence-corrected chi connectivity index (χ0v) is 14.9. The Balaban J connectivity index is 1.28. The van der Waals surface area contributed by atoms with Crippen LogP contribution in [0.3, 0.4) is 0 Å². The van der Waals surface area contributed by atoms with Gasteiger partial charge in [-0.25, -0.2) is 4.79 Å². The average molecular weight is 340 g/mol. The van der Waals surface area contributed by atoms with E-state index in [-0.39, 0.29) is 6.09 Å². The number of carbonyl (C=O) groups excluding carboxylic acids is 1. The summed E-state index contributed by atoms with van der Waals surface area (Å²) in [6.45, 7) is 3.33. The molecule has 4 fully saturated rings. The van der Waals surface area contributed by atoms with Crippen molar-refractivity contribution >= 4 is 11.8 Å². The van der Waals surface area contributed by atoms with E-state index in [1.54, 1.807) is 0 Å². The summed E-state index contributed by atoms with van der Waals surface area (Å²) in [4.78, 5) is 14.7. The van der Waals surface area contributed by atoms with E-state index in [2.05, 4.69) is 16.3 Å². The Morgan fingerprint density at radius 2 is 1.88 bits per heavy atom. The van der Waals surface area contributed by atoms with Crippen LogP contribution in [0.25, 0.3) is 0 Å². The summed E-state index contributed by atoms with van der Waals surface area (Å²) in [6.07, 6.45) is 8.86. The Labute approximate surface area is 149 Å². The van der Waals surface area contributed by atoms with Gasteiger partial charge in [0.15, 0.2) is 0 Å². The van der Waals surface area contributed by atoms with E-state index in [9.17, 15) is 4.79 Å². The standard InChI is InChI=1S/C21H28N2O2/c24-20-22-19-4-2-1-3-18(19)21(25-20)9-11-23(12-10-21)14-17-13-15-5-7-16(17)8-6-15/h1-4,15-17H,5-14H2,(H,22,24). The zero-order chi connectivity index (χ0) is 16.9. The van der Waals surface area contributed by atoms with Crippen LogP contribution in [0.5, 0.6) is 0 Å². The Bertz CT molecular complexity index is 658. The minimum absolute atomic E-state index is 0.295. The number of fused-ring (bicyclic) bond motifs is 5. The molecule has 0 aromatic heterocycles. The van der Waals surface area contributed by atoms with E-state index in [0.717, 1.165) is 54.9 Å². The van der Waals surface area contributed by atoms with Crippen molar-refractivity contribution in [2.24, 2.45) is 17.8 Å². The Morgan fingerprint density at radius 3 is 2.60 bits per heavy atom. The molecule has 3 aliphatic carbocycles. The molecule has 1 spiro atoms. The van der Waals surface area contributed by atoms with Crippen LogP contribution in [0.15, 0.2) is 24.3 Å². The van der Waals surface area contributed by atoms with Gasteiger partial charge in [-0.15, -0.1) is 0 Å². The smallest absolute Gasteiger partial charge is 0.412 e. The van der Waals surface area contributed by atoms with E-state index < -0.39 is 5.60 Å². The van der Waals surface area contributed by atoms with Crippen LogP contribution in [-0.2, 0) is 10.3 Å². The lowest BCUT2D eigenvalue weighted by molar-refractivity contribution is -0.0458. The van der Waals surface area contributed by atoms with Crippen molar-refractivity contribution in [3.05, 3.63) is 29.8 Å². The predicted molar refractivity (Wildman–Crippen MR) is 97.5 cm³/mol. The maximum absolute atomic E-state index is 12.0. The number of para-hydroxylation sites is 1. The van der Waals surface area contributed by atoms with E-state index >= 15 is 0 Å². The summed E-state index contributed by atoms with van der Waals surface area (Å²) >= 11 is 0. The summed E-state index contributed by atoms with van der Waals surface area (Å²) < 4.78 is 5.85. The van der Waals surface area contributed by atoms with Gasteiger partial charge in [0.25, 0.3) is 0 Å². The quantitative estimate of drug-likeness (QED) is 0.869. The average Bonchev–Trinajstić information content (AvgIpc) is 2.65. The van der Waals surface area contributed by atoms with Gasteiger partial charge in [-0.05, 0) is 43.1 Å². The van der Waals surface area contributed by atoms with E-state index in [1.165, 1.54) is 38.6 Å². The van der Waals surface area contributed by atoms with E-state index in [4.69, 9.17) is 4.74 Å². The molecule has 4 nitrogen and oxygen atoms in total. The molecule has 1 aromatic rings. The maximum Gasteiger partial charge on any atom is 0.412 e. The summed E-state index contributed by atoms with van der Waals surface area (Å²) in [5.74, 6) is 2.88. The molecule has 6 rings (SSSR count). The van der Waals surface area contributed by atoms with Gasteiger partial charge in [0.05, 0.1) is 5.69 Å². The van der Waals surface area contributed by atoms with Crippen LogP contribution in [0.4, 0.5) is 10.5 Å². The molecule has 5 aliphatic rings. The van der Waals surface area contributed by atoms with Gasteiger partial charge in [0.1, 0.15) is 5.60 Å². The molecule has 2 aliphatic heterocycles. The number of hydrogen-bond acceptors (Lipinski definition) is 3. The second-order valence-corrected chi connectivity index (χ2v) is 8.63. The van der Waals surface area contributed by atoms with Crippen LogP contribution >= 0.6 is 0 Å². The molecule has 0 radical (unpaired) electrons.